The monoisotopic (exact) mass is 445 g/mol. The summed E-state index contributed by atoms with van der Waals surface area (Å²) in [4.78, 5) is 21.4. The molecule has 164 valence electrons. The van der Waals surface area contributed by atoms with Crippen molar-refractivity contribution in [3.05, 3.63) is 88.8 Å². The van der Waals surface area contributed by atoms with Crippen molar-refractivity contribution in [1.29, 1.82) is 0 Å². The molecule has 4 rings (SSSR count). The molecule has 0 fully saturated rings. The Morgan fingerprint density at radius 1 is 0.969 bits per heavy atom. The molecule has 4 aromatic rings. The number of hydrogen-bond acceptors (Lipinski definition) is 6. The zero-order chi connectivity index (χ0) is 22.7. The van der Waals surface area contributed by atoms with E-state index in [4.69, 9.17) is 0 Å². The molecule has 0 aliphatic heterocycles. The van der Waals surface area contributed by atoms with E-state index in [1.807, 2.05) is 6.07 Å². The molecule has 0 aliphatic rings. The number of fused-ring (bicyclic) bond motifs is 1. The van der Waals surface area contributed by atoms with Gasteiger partial charge in [-0.15, -0.1) is 0 Å². The number of anilines is 1. The van der Waals surface area contributed by atoms with Gasteiger partial charge in [-0.2, -0.15) is 5.10 Å². The van der Waals surface area contributed by atoms with Crippen LogP contribution in [0.1, 0.15) is 18.5 Å². The first kappa shape index (κ1) is 22.0. The summed E-state index contributed by atoms with van der Waals surface area (Å²) in [6, 6.07) is 22.7. The summed E-state index contributed by atoms with van der Waals surface area (Å²) in [5, 5.41) is 8.51. The van der Waals surface area contributed by atoms with Crippen molar-refractivity contribution in [3.63, 3.8) is 0 Å². The van der Waals surface area contributed by atoms with Gasteiger partial charge in [-0.1, -0.05) is 42.1 Å². The molecule has 2 atom stereocenters. The van der Waals surface area contributed by atoms with Crippen LogP contribution in [-0.4, -0.2) is 39.8 Å². The highest BCUT2D eigenvalue weighted by Gasteiger charge is 2.23. The normalized spacial score (nSPS) is 13.3. The number of pyridine rings is 1. The predicted octanol–water partition coefficient (Wildman–Crippen LogP) is 4.58. The lowest BCUT2D eigenvalue weighted by Crippen LogP contribution is -2.35. The summed E-state index contributed by atoms with van der Waals surface area (Å²) in [7, 11) is 5.80. The van der Waals surface area contributed by atoms with Crippen molar-refractivity contribution in [2.75, 3.05) is 19.4 Å². The number of rotatable bonds is 7. The topological polar surface area (TPSA) is 63.1 Å². The van der Waals surface area contributed by atoms with Crippen molar-refractivity contribution in [2.45, 2.75) is 28.8 Å². The smallest absolute Gasteiger partial charge is 0.276 e. The van der Waals surface area contributed by atoms with Gasteiger partial charge in [0.2, 0.25) is 0 Å². The molecule has 32 heavy (non-hydrogen) atoms. The second-order valence-electron chi connectivity index (χ2n) is 8.00. The van der Waals surface area contributed by atoms with E-state index >= 15 is 0 Å². The maximum atomic E-state index is 12.4. The van der Waals surface area contributed by atoms with Gasteiger partial charge in [0.05, 0.1) is 11.4 Å². The van der Waals surface area contributed by atoms with Crippen molar-refractivity contribution >= 4 is 28.5 Å². The van der Waals surface area contributed by atoms with E-state index in [1.54, 1.807) is 37.1 Å². The quantitative estimate of drug-likeness (QED) is 0.449. The third-order valence-electron chi connectivity index (χ3n) is 5.40. The minimum absolute atomic E-state index is 0.0211. The Morgan fingerprint density at radius 3 is 2.34 bits per heavy atom. The summed E-state index contributed by atoms with van der Waals surface area (Å²) in [6.07, 6.45) is 1.69. The number of nitrogens with zero attached hydrogens (tertiary/aromatic N) is 4. The number of aromatic nitrogens is 3. The fraction of sp³-hybridized carbons (Fsp3) is 0.240. The van der Waals surface area contributed by atoms with Crippen molar-refractivity contribution in [1.82, 2.24) is 19.7 Å². The lowest BCUT2D eigenvalue weighted by molar-refractivity contribution is 0.275. The van der Waals surface area contributed by atoms with Gasteiger partial charge < -0.3 is 10.2 Å². The van der Waals surface area contributed by atoms with Crippen molar-refractivity contribution in [2.24, 2.45) is 7.05 Å². The molecule has 0 bridgehead atoms. The van der Waals surface area contributed by atoms with Gasteiger partial charge in [-0.3, -0.25) is 9.78 Å². The van der Waals surface area contributed by atoms with E-state index in [-0.39, 0.29) is 17.6 Å². The molecule has 0 radical (unpaired) electrons. The van der Waals surface area contributed by atoms with Crippen LogP contribution in [0.2, 0.25) is 0 Å². The van der Waals surface area contributed by atoms with Gasteiger partial charge in [0.25, 0.3) is 5.56 Å². The van der Waals surface area contributed by atoms with Gasteiger partial charge in [0.1, 0.15) is 5.52 Å². The van der Waals surface area contributed by atoms with Gasteiger partial charge >= 0.3 is 0 Å². The Labute approximate surface area is 192 Å². The molecule has 0 saturated carbocycles. The zero-order valence-electron chi connectivity index (χ0n) is 18.7. The second-order valence-corrected chi connectivity index (χ2v) is 9.15. The molecule has 1 N–H and O–H groups in total. The number of nitrogens with one attached hydrogen (secondary N) is 1. The standard InChI is InChI=1S/C25H27N5OS/c1-17(27-24-22-21(11-8-16-26-22)25(31)30(4)28-24)23(29(2)3)18-12-14-20(15-13-18)32-19-9-6-5-7-10-19/h5-17,23H,1-4H3,(H,27,28)/t17?,23-/m0/s1. The van der Waals surface area contributed by atoms with Crippen LogP contribution < -0.4 is 10.9 Å². The van der Waals surface area contributed by atoms with Gasteiger partial charge in [0.15, 0.2) is 5.82 Å². The molecule has 0 amide bonds. The van der Waals surface area contributed by atoms with Gasteiger partial charge in [0, 0.05) is 29.1 Å². The van der Waals surface area contributed by atoms with Crippen LogP contribution in [0, 0.1) is 0 Å². The Morgan fingerprint density at radius 2 is 1.66 bits per heavy atom. The summed E-state index contributed by atoms with van der Waals surface area (Å²) in [6.45, 7) is 2.12. The van der Waals surface area contributed by atoms with Crippen LogP contribution in [0.15, 0.2) is 87.5 Å². The van der Waals surface area contributed by atoms with E-state index in [9.17, 15) is 4.79 Å². The lowest BCUT2D eigenvalue weighted by Gasteiger charge is -2.31. The number of hydrogen-bond donors (Lipinski definition) is 1. The molecule has 2 heterocycles. The minimum atomic E-state index is -0.151. The molecule has 0 spiro atoms. The summed E-state index contributed by atoms with van der Waals surface area (Å²) >= 11 is 1.75. The summed E-state index contributed by atoms with van der Waals surface area (Å²) in [5.41, 5.74) is 1.64. The second kappa shape index (κ2) is 9.54. The van der Waals surface area contributed by atoms with E-state index < -0.39 is 0 Å². The zero-order valence-corrected chi connectivity index (χ0v) is 19.5. The van der Waals surface area contributed by atoms with E-state index in [2.05, 4.69) is 89.8 Å². The average molecular weight is 446 g/mol. The Balaban J connectivity index is 1.59. The molecule has 2 aromatic heterocycles. The van der Waals surface area contributed by atoms with Gasteiger partial charge in [-0.25, -0.2) is 4.68 Å². The number of benzene rings is 2. The molecular weight excluding hydrogens is 418 g/mol. The van der Waals surface area contributed by atoms with Crippen molar-refractivity contribution in [3.8, 4) is 0 Å². The van der Waals surface area contributed by atoms with E-state index in [1.165, 1.54) is 20.0 Å². The first-order valence-corrected chi connectivity index (χ1v) is 11.3. The van der Waals surface area contributed by atoms with Crippen LogP contribution in [0.5, 0.6) is 0 Å². The molecule has 2 aromatic carbocycles. The minimum Gasteiger partial charge on any atom is -0.362 e. The highest BCUT2D eigenvalue weighted by molar-refractivity contribution is 7.99. The SMILES string of the molecule is CC(Nc1nn(C)c(=O)c2cccnc12)[C@@H](c1ccc(Sc2ccccc2)cc1)N(C)C. The Kier molecular flexibility index (Phi) is 6.58. The highest BCUT2D eigenvalue weighted by atomic mass is 32.2. The predicted molar refractivity (Wildman–Crippen MR) is 131 cm³/mol. The molecule has 0 aliphatic carbocycles. The molecule has 1 unspecified atom stereocenters. The summed E-state index contributed by atoms with van der Waals surface area (Å²) in [5.74, 6) is 0.610. The third kappa shape index (κ3) is 4.69. The first-order chi connectivity index (χ1) is 15.4. The number of likely N-dealkylation sites (N-methyl/N-ethyl adjacent to an activating group) is 1. The average Bonchev–Trinajstić information content (AvgIpc) is 2.79. The van der Waals surface area contributed by atoms with E-state index in [0.717, 1.165) is 0 Å². The maximum absolute atomic E-state index is 12.4. The number of aryl methyl sites for hydroxylation is 1. The van der Waals surface area contributed by atoms with E-state index in [0.29, 0.717) is 16.7 Å². The Bertz CT molecular complexity index is 1260. The molecular formula is C25H27N5OS. The first-order valence-electron chi connectivity index (χ1n) is 10.5. The Hall–Kier alpha value is -3.16. The van der Waals surface area contributed by atoms with Crippen LogP contribution in [0.3, 0.4) is 0 Å². The third-order valence-corrected chi connectivity index (χ3v) is 6.42. The fourth-order valence-corrected chi connectivity index (χ4v) is 4.80. The molecule has 6 nitrogen and oxygen atoms in total. The maximum Gasteiger partial charge on any atom is 0.276 e. The molecule has 7 heteroatoms. The van der Waals surface area contributed by atoms with Crippen LogP contribution in [0.4, 0.5) is 5.82 Å². The van der Waals surface area contributed by atoms with Crippen LogP contribution >= 0.6 is 11.8 Å². The molecule has 0 saturated heterocycles. The fourth-order valence-electron chi connectivity index (χ4n) is 3.97. The largest absolute Gasteiger partial charge is 0.362 e. The highest BCUT2D eigenvalue weighted by Crippen LogP contribution is 2.31. The van der Waals surface area contributed by atoms with Crippen molar-refractivity contribution < 1.29 is 0 Å². The van der Waals surface area contributed by atoms with Crippen LogP contribution in [-0.2, 0) is 7.05 Å². The summed E-state index contributed by atoms with van der Waals surface area (Å²) < 4.78 is 1.36. The lowest BCUT2D eigenvalue weighted by atomic mass is 9.99. The van der Waals surface area contributed by atoms with Crippen LogP contribution in [0.25, 0.3) is 10.9 Å². The van der Waals surface area contributed by atoms with Gasteiger partial charge in [-0.05, 0) is 63.0 Å².